The first kappa shape index (κ1) is 19.8. The summed E-state index contributed by atoms with van der Waals surface area (Å²) in [6.45, 7) is 2.25. The van der Waals surface area contributed by atoms with E-state index in [0.717, 1.165) is 0 Å². The van der Waals surface area contributed by atoms with Crippen LogP contribution in [-0.2, 0) is 0 Å². The predicted octanol–water partition coefficient (Wildman–Crippen LogP) is 5.43. The molecule has 0 aliphatic heterocycles. The molecule has 0 aliphatic carbocycles. The van der Waals surface area contributed by atoms with Crippen LogP contribution in [0.15, 0.2) is 30.5 Å². The van der Waals surface area contributed by atoms with Crippen LogP contribution < -0.4 is 10.6 Å². The number of fused-ring (bicyclic) bond motifs is 1. The molecule has 2 N–H and O–H groups in total. The lowest BCUT2D eigenvalue weighted by atomic mass is 10.3. The van der Waals surface area contributed by atoms with Crippen molar-refractivity contribution < 1.29 is 4.79 Å². The number of carbonyl (C=O) groups excluding carboxylic acids is 1. The average Bonchev–Trinajstić information content (AvgIpc) is 2.63. The summed E-state index contributed by atoms with van der Waals surface area (Å²) in [7, 11) is 0. The lowest BCUT2D eigenvalue weighted by Gasteiger charge is -2.13. The summed E-state index contributed by atoms with van der Waals surface area (Å²) < 4.78 is 1.22. The Kier molecular flexibility index (Phi) is 6.11. The maximum absolute atomic E-state index is 11.9. The Morgan fingerprint density at radius 3 is 2.48 bits per heavy atom. The van der Waals surface area contributed by atoms with Crippen molar-refractivity contribution >= 4 is 82.1 Å². The van der Waals surface area contributed by atoms with Crippen molar-refractivity contribution in [2.45, 2.75) is 6.92 Å². The Morgan fingerprint density at radius 1 is 1.15 bits per heavy atom. The Balaban J connectivity index is 1.89. The van der Waals surface area contributed by atoms with Crippen LogP contribution in [0.25, 0.3) is 11.2 Å². The van der Waals surface area contributed by atoms with Crippen LogP contribution in [0.4, 0.5) is 22.1 Å². The van der Waals surface area contributed by atoms with Gasteiger partial charge in [-0.3, -0.25) is 9.62 Å². The second kappa shape index (κ2) is 8.35. The van der Waals surface area contributed by atoms with E-state index < -0.39 is 6.03 Å². The van der Waals surface area contributed by atoms with Crippen LogP contribution in [-0.4, -0.2) is 31.8 Å². The molecule has 7 nitrogen and oxygen atoms in total. The zero-order valence-corrected chi connectivity index (χ0v) is 17.0. The minimum atomic E-state index is -0.394. The summed E-state index contributed by atoms with van der Waals surface area (Å²) in [5, 5.41) is 6.75. The van der Waals surface area contributed by atoms with E-state index in [-0.39, 0.29) is 0 Å². The number of pyridine rings is 1. The number of anilines is 3. The molecule has 0 unspecified atom stereocenters. The van der Waals surface area contributed by atoms with E-state index in [2.05, 4.69) is 38.4 Å². The number of thiol groups is 1. The van der Waals surface area contributed by atoms with Gasteiger partial charge in [-0.15, -0.1) is 0 Å². The number of hydrogen-bond donors (Lipinski definition) is 3. The molecule has 0 saturated carbocycles. The van der Waals surface area contributed by atoms with E-state index in [1.54, 1.807) is 31.2 Å². The van der Waals surface area contributed by atoms with Crippen molar-refractivity contribution in [3.63, 3.8) is 0 Å². The summed E-state index contributed by atoms with van der Waals surface area (Å²) in [5.41, 5.74) is 1.35. The van der Waals surface area contributed by atoms with Crippen molar-refractivity contribution in [2.75, 3.05) is 17.2 Å². The third kappa shape index (κ3) is 4.65. The van der Waals surface area contributed by atoms with Crippen LogP contribution in [0.5, 0.6) is 0 Å². The van der Waals surface area contributed by atoms with Gasteiger partial charge in [-0.05, 0) is 31.2 Å². The highest BCUT2D eigenvalue weighted by Crippen LogP contribution is 2.35. The normalized spacial score (nSPS) is 10.7. The van der Waals surface area contributed by atoms with Gasteiger partial charge in [0.25, 0.3) is 0 Å². The molecule has 3 aromatic rings. The number of hydrogen-bond acceptors (Lipinski definition) is 6. The fourth-order valence-electron chi connectivity index (χ4n) is 2.13. The summed E-state index contributed by atoms with van der Waals surface area (Å²) >= 11 is 22.3. The van der Waals surface area contributed by atoms with Crippen molar-refractivity contribution in [3.05, 3.63) is 45.5 Å². The summed E-state index contributed by atoms with van der Waals surface area (Å²) in [6.07, 6.45) is 1.52. The van der Waals surface area contributed by atoms with Crippen LogP contribution in [0.3, 0.4) is 0 Å². The van der Waals surface area contributed by atoms with Crippen molar-refractivity contribution in [3.8, 4) is 0 Å². The first-order valence-electron chi connectivity index (χ1n) is 7.70. The maximum atomic E-state index is 11.9. The number of nitrogens with zero attached hydrogens (tertiary/aromatic N) is 4. The molecule has 3 rings (SSSR count). The largest absolute Gasteiger partial charge is 0.336 e. The Bertz CT molecular complexity index is 996. The standard InChI is InChI=1S/C16H13Cl3N6OS/c1-2-25(27)16(26)24-12-4-3-11-15(22-12)23-13(7-20-11)21-14-9(18)5-8(17)6-10(14)19/h3-7,27H,2H2,1H3,(H2,21,22,23,24,26). The quantitative estimate of drug-likeness (QED) is 0.468. The highest BCUT2D eigenvalue weighted by atomic mass is 35.5. The van der Waals surface area contributed by atoms with Gasteiger partial charge in [-0.2, -0.15) is 0 Å². The molecule has 0 radical (unpaired) electrons. The number of urea groups is 1. The topological polar surface area (TPSA) is 83.0 Å². The molecule has 2 heterocycles. The summed E-state index contributed by atoms with van der Waals surface area (Å²) in [4.78, 5) is 24.9. The van der Waals surface area contributed by atoms with E-state index in [1.807, 2.05) is 0 Å². The number of amides is 2. The lowest BCUT2D eigenvalue weighted by molar-refractivity contribution is 0.240. The zero-order valence-electron chi connectivity index (χ0n) is 13.9. The summed E-state index contributed by atoms with van der Waals surface area (Å²) in [6, 6.07) is 6.07. The van der Waals surface area contributed by atoms with Crippen LogP contribution >= 0.6 is 47.6 Å². The zero-order chi connectivity index (χ0) is 19.6. The molecule has 140 valence electrons. The van der Waals surface area contributed by atoms with Gasteiger partial charge in [0, 0.05) is 11.6 Å². The van der Waals surface area contributed by atoms with Crippen LogP contribution in [0.2, 0.25) is 15.1 Å². The molecule has 0 atom stereocenters. The SMILES string of the molecule is CCN(S)C(=O)Nc1ccc2ncc(Nc3c(Cl)cc(Cl)cc3Cl)nc2n1. The van der Waals surface area contributed by atoms with Crippen LogP contribution in [0.1, 0.15) is 6.92 Å². The second-order valence-electron chi connectivity index (χ2n) is 5.31. The minimum Gasteiger partial charge on any atom is -0.336 e. The third-order valence-corrected chi connectivity index (χ3v) is 4.71. The van der Waals surface area contributed by atoms with Gasteiger partial charge in [0.1, 0.15) is 11.3 Å². The van der Waals surface area contributed by atoms with Gasteiger partial charge in [0.05, 0.1) is 21.9 Å². The van der Waals surface area contributed by atoms with Crippen molar-refractivity contribution in [1.29, 1.82) is 0 Å². The van der Waals surface area contributed by atoms with E-state index in [9.17, 15) is 4.79 Å². The highest BCUT2D eigenvalue weighted by Gasteiger charge is 2.12. The van der Waals surface area contributed by atoms with Gasteiger partial charge < -0.3 is 5.32 Å². The third-order valence-electron chi connectivity index (χ3n) is 3.44. The second-order valence-corrected chi connectivity index (χ2v) is 7.04. The Labute approximate surface area is 175 Å². The number of halogens is 3. The number of rotatable bonds is 4. The fraction of sp³-hybridized carbons (Fsp3) is 0.125. The molecule has 0 spiro atoms. The van der Waals surface area contributed by atoms with E-state index in [4.69, 9.17) is 34.8 Å². The molecule has 0 saturated heterocycles. The van der Waals surface area contributed by atoms with Gasteiger partial charge in [0.2, 0.25) is 0 Å². The van der Waals surface area contributed by atoms with Gasteiger partial charge in [0.15, 0.2) is 11.5 Å². The fourth-order valence-corrected chi connectivity index (χ4v) is 3.10. The molecular formula is C16H13Cl3N6OS. The van der Waals surface area contributed by atoms with Crippen molar-refractivity contribution in [1.82, 2.24) is 19.3 Å². The Morgan fingerprint density at radius 2 is 1.81 bits per heavy atom. The van der Waals surface area contributed by atoms with E-state index in [1.165, 1.54) is 10.5 Å². The van der Waals surface area contributed by atoms with Crippen LogP contribution in [0, 0.1) is 0 Å². The number of aromatic nitrogens is 3. The molecule has 0 bridgehead atoms. The van der Waals surface area contributed by atoms with E-state index in [0.29, 0.717) is 50.1 Å². The number of carbonyl (C=O) groups is 1. The monoisotopic (exact) mass is 442 g/mol. The molecule has 1 aromatic carbocycles. The summed E-state index contributed by atoms with van der Waals surface area (Å²) in [5.74, 6) is 0.711. The molecule has 11 heteroatoms. The Hall–Kier alpha value is -2.00. The van der Waals surface area contributed by atoms with Crippen molar-refractivity contribution in [2.24, 2.45) is 0 Å². The molecule has 27 heavy (non-hydrogen) atoms. The number of nitrogens with one attached hydrogen (secondary N) is 2. The molecule has 0 aliphatic rings. The molecule has 2 amide bonds. The highest BCUT2D eigenvalue weighted by molar-refractivity contribution is 7.78. The van der Waals surface area contributed by atoms with Gasteiger partial charge in [-0.1, -0.05) is 47.6 Å². The van der Waals surface area contributed by atoms with Gasteiger partial charge in [-0.25, -0.2) is 19.7 Å². The molecule has 0 fully saturated rings. The van der Waals surface area contributed by atoms with E-state index >= 15 is 0 Å². The first-order valence-corrected chi connectivity index (χ1v) is 9.23. The van der Waals surface area contributed by atoms with Gasteiger partial charge >= 0.3 is 6.03 Å². The molecule has 2 aromatic heterocycles. The molecular weight excluding hydrogens is 431 g/mol. The lowest BCUT2D eigenvalue weighted by Crippen LogP contribution is -2.27. The predicted molar refractivity (Wildman–Crippen MR) is 112 cm³/mol. The first-order chi connectivity index (χ1) is 12.9. The average molecular weight is 444 g/mol. The minimum absolute atomic E-state index is 0.328. The number of benzene rings is 1. The smallest absolute Gasteiger partial charge is 0.332 e. The maximum Gasteiger partial charge on any atom is 0.332 e.